The third-order valence-electron chi connectivity index (χ3n) is 6.26. The number of carbonyl (C=O) groups excluding carboxylic acids is 2. The minimum Gasteiger partial charge on any atom is -0.494 e. The van der Waals surface area contributed by atoms with Crippen LogP contribution in [0.2, 0.25) is 0 Å². The second-order valence-electron chi connectivity index (χ2n) is 8.27. The Labute approximate surface area is 175 Å². The van der Waals surface area contributed by atoms with E-state index in [0.29, 0.717) is 19.4 Å². The summed E-state index contributed by atoms with van der Waals surface area (Å²) in [6.45, 7) is 4.23. The van der Waals surface area contributed by atoms with Crippen LogP contribution in [0.25, 0.3) is 21.7 Å². The van der Waals surface area contributed by atoms with E-state index in [2.05, 4.69) is 10.2 Å². The zero-order chi connectivity index (χ0) is 20.5. The van der Waals surface area contributed by atoms with Gasteiger partial charge in [0.15, 0.2) is 0 Å². The van der Waals surface area contributed by atoms with Crippen molar-refractivity contribution >= 4 is 33.6 Å². The van der Waals surface area contributed by atoms with Gasteiger partial charge in [-0.3, -0.25) is 14.9 Å². The van der Waals surface area contributed by atoms with Gasteiger partial charge in [-0.25, -0.2) is 0 Å². The van der Waals surface area contributed by atoms with Gasteiger partial charge in [0.1, 0.15) is 11.3 Å². The SMILES string of the molecule is O=C1CC[C@@H](c2coc3ccc4cc(OCCCN5CCCC5)ccc4c23)C(=O)N1. The fraction of sp³-hybridized carbons (Fsp3) is 0.417. The molecule has 2 aliphatic rings. The van der Waals surface area contributed by atoms with Crippen LogP contribution in [-0.2, 0) is 9.59 Å². The predicted octanol–water partition coefficient (Wildman–Crippen LogP) is 3.97. The highest BCUT2D eigenvalue weighted by Crippen LogP contribution is 2.37. The van der Waals surface area contributed by atoms with Crippen molar-refractivity contribution in [3.8, 4) is 5.75 Å². The number of nitrogens with zero attached hydrogens (tertiary/aromatic N) is 1. The molecule has 0 unspecified atom stereocenters. The van der Waals surface area contributed by atoms with Crippen molar-refractivity contribution in [2.45, 2.75) is 38.0 Å². The molecule has 1 aromatic heterocycles. The number of nitrogens with one attached hydrogen (secondary N) is 1. The van der Waals surface area contributed by atoms with E-state index in [9.17, 15) is 9.59 Å². The van der Waals surface area contributed by atoms with Crippen molar-refractivity contribution in [2.75, 3.05) is 26.2 Å². The first-order chi connectivity index (χ1) is 14.7. The molecule has 0 aliphatic carbocycles. The first-order valence-corrected chi connectivity index (χ1v) is 10.8. The number of benzene rings is 2. The van der Waals surface area contributed by atoms with Gasteiger partial charge in [-0.1, -0.05) is 6.07 Å². The topological polar surface area (TPSA) is 71.8 Å². The van der Waals surface area contributed by atoms with Gasteiger partial charge in [0.2, 0.25) is 11.8 Å². The number of likely N-dealkylation sites (tertiary alicyclic amines) is 1. The molecule has 0 bridgehead atoms. The molecule has 2 aromatic carbocycles. The minimum atomic E-state index is -0.365. The fourth-order valence-corrected chi connectivity index (χ4v) is 4.69. The molecule has 156 valence electrons. The van der Waals surface area contributed by atoms with E-state index in [4.69, 9.17) is 9.15 Å². The summed E-state index contributed by atoms with van der Waals surface area (Å²) < 4.78 is 11.7. The molecular weight excluding hydrogens is 380 g/mol. The van der Waals surface area contributed by atoms with Crippen molar-refractivity contribution in [1.29, 1.82) is 0 Å². The largest absolute Gasteiger partial charge is 0.494 e. The van der Waals surface area contributed by atoms with Gasteiger partial charge < -0.3 is 14.1 Å². The van der Waals surface area contributed by atoms with Gasteiger partial charge in [0, 0.05) is 23.9 Å². The van der Waals surface area contributed by atoms with E-state index >= 15 is 0 Å². The Morgan fingerprint density at radius 1 is 1.13 bits per heavy atom. The summed E-state index contributed by atoms with van der Waals surface area (Å²) in [6, 6.07) is 10.0. The standard InChI is InChI=1S/C24H26N2O4/c27-22-9-7-19(24(28)25-22)20-15-30-21-8-4-16-14-17(5-6-18(16)23(20)21)29-13-3-12-26-10-1-2-11-26/h4-6,8,14-15,19H,1-3,7,9-13H2,(H,25,27,28)/t19-/m0/s1. The van der Waals surface area contributed by atoms with Gasteiger partial charge in [0.25, 0.3) is 0 Å². The highest BCUT2D eigenvalue weighted by molar-refractivity contribution is 6.10. The van der Waals surface area contributed by atoms with Crippen molar-refractivity contribution in [1.82, 2.24) is 10.2 Å². The van der Waals surface area contributed by atoms with Crippen LogP contribution in [0.5, 0.6) is 5.75 Å². The van der Waals surface area contributed by atoms with Gasteiger partial charge >= 0.3 is 0 Å². The predicted molar refractivity (Wildman–Crippen MR) is 115 cm³/mol. The van der Waals surface area contributed by atoms with Crippen LogP contribution < -0.4 is 10.1 Å². The third kappa shape index (κ3) is 3.67. The van der Waals surface area contributed by atoms with Crippen LogP contribution in [-0.4, -0.2) is 43.0 Å². The van der Waals surface area contributed by atoms with E-state index in [-0.39, 0.29) is 17.7 Å². The van der Waals surface area contributed by atoms with E-state index in [0.717, 1.165) is 46.0 Å². The Kier molecular flexibility index (Phi) is 5.17. The molecule has 6 heteroatoms. The van der Waals surface area contributed by atoms with Crippen molar-refractivity contribution < 1.29 is 18.7 Å². The number of piperidine rings is 1. The Morgan fingerprint density at radius 2 is 2.00 bits per heavy atom. The summed E-state index contributed by atoms with van der Waals surface area (Å²) in [5, 5.41) is 5.48. The van der Waals surface area contributed by atoms with Gasteiger partial charge in [0.05, 0.1) is 18.8 Å². The maximum atomic E-state index is 12.4. The zero-order valence-electron chi connectivity index (χ0n) is 17.0. The van der Waals surface area contributed by atoms with Crippen molar-refractivity contribution in [3.05, 3.63) is 42.2 Å². The lowest BCUT2D eigenvalue weighted by molar-refractivity contribution is -0.134. The Bertz CT molecular complexity index is 1100. The zero-order valence-corrected chi connectivity index (χ0v) is 17.0. The first-order valence-electron chi connectivity index (χ1n) is 10.8. The number of ether oxygens (including phenoxy) is 1. The molecule has 2 fully saturated rings. The summed E-state index contributed by atoms with van der Waals surface area (Å²) in [5.41, 5.74) is 1.60. The lowest BCUT2D eigenvalue weighted by Gasteiger charge is -2.20. The maximum Gasteiger partial charge on any atom is 0.234 e. The number of rotatable bonds is 6. The Hall–Kier alpha value is -2.86. The molecule has 2 aliphatic heterocycles. The molecule has 0 saturated carbocycles. The Balaban J connectivity index is 1.36. The van der Waals surface area contributed by atoms with Crippen LogP contribution in [0.3, 0.4) is 0 Å². The fourth-order valence-electron chi connectivity index (χ4n) is 4.69. The smallest absolute Gasteiger partial charge is 0.234 e. The van der Waals surface area contributed by atoms with Crippen LogP contribution in [0.1, 0.15) is 43.6 Å². The molecule has 3 heterocycles. The number of furan rings is 1. The molecule has 6 nitrogen and oxygen atoms in total. The number of carbonyl (C=O) groups is 2. The lowest BCUT2D eigenvalue weighted by atomic mass is 9.89. The number of hydrogen-bond donors (Lipinski definition) is 1. The molecule has 1 N–H and O–H groups in total. The van der Waals surface area contributed by atoms with E-state index in [1.807, 2.05) is 30.3 Å². The normalized spacial score (nSPS) is 20.2. The molecule has 2 amide bonds. The van der Waals surface area contributed by atoms with Crippen LogP contribution in [0, 0.1) is 0 Å². The first kappa shape index (κ1) is 19.1. The van der Waals surface area contributed by atoms with Crippen molar-refractivity contribution in [3.63, 3.8) is 0 Å². The summed E-state index contributed by atoms with van der Waals surface area (Å²) in [5.74, 6) is 0.0368. The summed E-state index contributed by atoms with van der Waals surface area (Å²) in [6.07, 6.45) is 6.17. The lowest BCUT2D eigenvalue weighted by Crippen LogP contribution is -2.39. The second kappa shape index (κ2) is 8.11. The molecule has 0 radical (unpaired) electrons. The highest BCUT2D eigenvalue weighted by atomic mass is 16.5. The maximum absolute atomic E-state index is 12.4. The third-order valence-corrected chi connectivity index (χ3v) is 6.26. The molecule has 1 atom stereocenters. The van der Waals surface area contributed by atoms with E-state index in [1.54, 1.807) is 6.26 Å². The summed E-state index contributed by atoms with van der Waals surface area (Å²) in [7, 11) is 0. The number of amides is 2. The molecular formula is C24H26N2O4. The molecule has 2 saturated heterocycles. The Morgan fingerprint density at radius 3 is 2.83 bits per heavy atom. The molecule has 30 heavy (non-hydrogen) atoms. The van der Waals surface area contributed by atoms with Gasteiger partial charge in [-0.15, -0.1) is 0 Å². The molecule has 3 aromatic rings. The van der Waals surface area contributed by atoms with E-state index < -0.39 is 0 Å². The molecule has 0 spiro atoms. The van der Waals surface area contributed by atoms with E-state index in [1.165, 1.54) is 25.9 Å². The minimum absolute atomic E-state index is 0.208. The van der Waals surface area contributed by atoms with Gasteiger partial charge in [-0.2, -0.15) is 0 Å². The van der Waals surface area contributed by atoms with Crippen LogP contribution in [0.4, 0.5) is 0 Å². The van der Waals surface area contributed by atoms with Gasteiger partial charge in [-0.05, 0) is 73.8 Å². The summed E-state index contributed by atoms with van der Waals surface area (Å²) >= 11 is 0. The summed E-state index contributed by atoms with van der Waals surface area (Å²) in [4.78, 5) is 26.4. The van der Waals surface area contributed by atoms with Crippen molar-refractivity contribution in [2.24, 2.45) is 0 Å². The number of imide groups is 1. The molecule has 5 rings (SSSR count). The quantitative estimate of drug-likeness (QED) is 0.495. The average Bonchev–Trinajstić information content (AvgIpc) is 3.41. The highest BCUT2D eigenvalue weighted by Gasteiger charge is 2.31. The van der Waals surface area contributed by atoms with Crippen LogP contribution >= 0.6 is 0 Å². The average molecular weight is 406 g/mol. The number of hydrogen-bond acceptors (Lipinski definition) is 5. The number of fused-ring (bicyclic) bond motifs is 3. The second-order valence-corrected chi connectivity index (χ2v) is 8.27. The monoisotopic (exact) mass is 406 g/mol. The van der Waals surface area contributed by atoms with Crippen LogP contribution in [0.15, 0.2) is 41.0 Å².